The topological polar surface area (TPSA) is 46.2 Å². The van der Waals surface area contributed by atoms with Crippen LogP contribution in [0.5, 0.6) is 0 Å². The lowest BCUT2D eigenvalue weighted by molar-refractivity contribution is 0.318. The van der Waals surface area contributed by atoms with Gasteiger partial charge >= 0.3 is 0 Å². The van der Waals surface area contributed by atoms with Crippen molar-refractivity contribution in [1.29, 1.82) is 0 Å². The molecule has 0 aliphatic heterocycles. The van der Waals surface area contributed by atoms with E-state index in [4.69, 9.17) is 0 Å². The van der Waals surface area contributed by atoms with Crippen molar-refractivity contribution in [1.82, 2.24) is 4.72 Å². The van der Waals surface area contributed by atoms with Gasteiger partial charge < -0.3 is 0 Å². The Morgan fingerprint density at radius 3 is 1.62 bits per heavy atom. The summed E-state index contributed by atoms with van der Waals surface area (Å²) in [4.78, 5) is 0. The van der Waals surface area contributed by atoms with E-state index in [9.17, 15) is 8.42 Å². The quantitative estimate of drug-likeness (QED) is 0.761. The number of nitrogens with one attached hydrogen (secondary N) is 1. The maximum atomic E-state index is 10.8. The van der Waals surface area contributed by atoms with Gasteiger partial charge in [-0.1, -0.05) is 34.6 Å². The van der Waals surface area contributed by atoms with Gasteiger partial charge in [0.15, 0.2) is 0 Å². The monoisotopic (exact) mass is 211 g/mol. The van der Waals surface area contributed by atoms with E-state index in [0.29, 0.717) is 0 Å². The van der Waals surface area contributed by atoms with Gasteiger partial charge in [-0.05, 0) is 12.3 Å². The molecule has 0 aromatic rings. The highest BCUT2D eigenvalue weighted by Gasteiger charge is 2.22. The first-order valence-electron chi connectivity index (χ1n) is 4.60. The van der Waals surface area contributed by atoms with Crippen molar-refractivity contribution in [3.05, 3.63) is 0 Å². The highest BCUT2D eigenvalue weighted by atomic mass is 32.2. The lowest BCUT2D eigenvalue weighted by Gasteiger charge is -2.26. The molecule has 0 radical (unpaired) electrons. The van der Waals surface area contributed by atoms with Crippen LogP contribution in [0.2, 0.25) is 0 Å². The molecule has 0 fully saturated rings. The van der Waals surface area contributed by atoms with Crippen LogP contribution in [0.3, 0.4) is 0 Å². The minimum absolute atomic E-state index is 0. The van der Waals surface area contributed by atoms with Crippen molar-refractivity contribution in [3.63, 3.8) is 0 Å². The summed E-state index contributed by atoms with van der Waals surface area (Å²) in [6.07, 6.45) is 1.18. The molecule has 0 saturated carbocycles. The van der Waals surface area contributed by atoms with Crippen LogP contribution in [0.4, 0.5) is 0 Å². The summed E-state index contributed by atoms with van der Waals surface area (Å²) in [5.41, 5.74) is -0.0247. The molecule has 3 nitrogen and oxygen atoms in total. The maximum absolute atomic E-state index is 10.8. The fourth-order valence-electron chi connectivity index (χ4n) is 0.498. The van der Waals surface area contributed by atoms with Crippen LogP contribution < -0.4 is 4.72 Å². The molecule has 0 spiro atoms. The number of rotatable bonds is 2. The first-order valence-corrected chi connectivity index (χ1v) is 6.49. The number of hydrogen-bond acceptors (Lipinski definition) is 2. The zero-order valence-corrected chi connectivity index (χ0v) is 10.6. The molecule has 4 heteroatoms. The van der Waals surface area contributed by atoms with E-state index >= 15 is 0 Å². The van der Waals surface area contributed by atoms with E-state index in [2.05, 4.69) is 4.72 Å². The molecule has 1 atom stereocenters. The van der Waals surface area contributed by atoms with Crippen molar-refractivity contribution in [2.24, 2.45) is 5.41 Å². The van der Waals surface area contributed by atoms with Gasteiger partial charge in [-0.25, -0.2) is 13.1 Å². The maximum Gasteiger partial charge on any atom is 0.208 e. The molecule has 0 bridgehead atoms. The van der Waals surface area contributed by atoms with Crippen molar-refractivity contribution in [2.75, 3.05) is 6.26 Å². The highest BCUT2D eigenvalue weighted by molar-refractivity contribution is 7.88. The third-order valence-corrected chi connectivity index (χ3v) is 2.47. The van der Waals surface area contributed by atoms with Gasteiger partial charge in [0.1, 0.15) is 0 Å². The summed E-state index contributed by atoms with van der Waals surface area (Å²) >= 11 is 0. The molecular weight excluding hydrogens is 186 g/mol. The van der Waals surface area contributed by atoms with Crippen LogP contribution in [0, 0.1) is 5.41 Å². The average molecular weight is 211 g/mol. The fraction of sp³-hybridized carbons (Fsp3) is 1.00. The molecule has 0 rings (SSSR count). The van der Waals surface area contributed by atoms with Crippen molar-refractivity contribution < 1.29 is 9.84 Å². The Morgan fingerprint density at radius 1 is 1.23 bits per heavy atom. The molecule has 0 saturated heterocycles. The lowest BCUT2D eigenvalue weighted by atomic mass is 9.89. The largest absolute Gasteiger partial charge is 0.213 e. The van der Waals surface area contributed by atoms with Crippen LogP contribution in [-0.2, 0) is 10.0 Å². The zero-order chi connectivity index (χ0) is 11.3. The van der Waals surface area contributed by atoms with Gasteiger partial charge in [0.2, 0.25) is 10.0 Å². The Kier molecular flexibility index (Phi) is 6.63. The van der Waals surface area contributed by atoms with Gasteiger partial charge in [-0.15, -0.1) is 0 Å². The fourth-order valence-corrected chi connectivity index (χ4v) is 1.49. The lowest BCUT2D eigenvalue weighted by Crippen LogP contribution is -2.40. The van der Waals surface area contributed by atoms with Crippen LogP contribution in [-0.4, -0.2) is 20.7 Å². The highest BCUT2D eigenvalue weighted by Crippen LogP contribution is 2.18. The Hall–Kier alpha value is -0.0900. The van der Waals surface area contributed by atoms with Gasteiger partial charge in [-0.3, -0.25) is 0 Å². The average Bonchev–Trinajstić information content (AvgIpc) is 1.86. The molecule has 0 aromatic heterocycles. The third kappa shape index (κ3) is 9.83. The standard InChI is InChI=1S/C7H17NO2S.C2H6.H2/c1-6(7(2,3)4)8-11(5,9)10;1-2;/h6,8H,1-5H3;1-2H3;1H. The first-order chi connectivity index (χ1) is 5.63. The Bertz CT molecular complexity index is 219. The van der Waals surface area contributed by atoms with Crippen molar-refractivity contribution >= 4 is 10.0 Å². The van der Waals surface area contributed by atoms with E-state index < -0.39 is 10.0 Å². The summed E-state index contributed by atoms with van der Waals surface area (Å²) in [6.45, 7) is 11.8. The molecule has 0 aliphatic rings. The van der Waals surface area contributed by atoms with Crippen LogP contribution in [0.15, 0.2) is 0 Å². The molecule has 84 valence electrons. The van der Waals surface area contributed by atoms with E-state index in [1.54, 1.807) is 0 Å². The Morgan fingerprint density at radius 2 is 1.54 bits per heavy atom. The predicted molar refractivity (Wildman–Crippen MR) is 60.4 cm³/mol. The number of sulfonamides is 1. The molecule has 1 N–H and O–H groups in total. The first kappa shape index (κ1) is 15.4. The molecule has 0 heterocycles. The normalized spacial score (nSPS) is 14.4. The number of hydrogen-bond donors (Lipinski definition) is 1. The van der Waals surface area contributed by atoms with E-state index in [1.165, 1.54) is 6.26 Å². The molecular formula is C9H25NO2S. The van der Waals surface area contributed by atoms with E-state index in [-0.39, 0.29) is 12.9 Å². The summed E-state index contributed by atoms with van der Waals surface area (Å²) < 4.78 is 24.1. The second-order valence-corrected chi connectivity index (χ2v) is 5.76. The molecule has 0 amide bonds. The van der Waals surface area contributed by atoms with E-state index in [1.807, 2.05) is 41.5 Å². The summed E-state index contributed by atoms with van der Waals surface area (Å²) in [7, 11) is -3.06. The van der Waals surface area contributed by atoms with Crippen LogP contribution in [0.1, 0.15) is 43.0 Å². The van der Waals surface area contributed by atoms with Crippen molar-refractivity contribution in [3.8, 4) is 0 Å². The van der Waals surface area contributed by atoms with Gasteiger partial charge in [0.25, 0.3) is 0 Å². The smallest absolute Gasteiger partial charge is 0.208 e. The zero-order valence-electron chi connectivity index (χ0n) is 9.80. The van der Waals surface area contributed by atoms with E-state index in [0.717, 1.165) is 0 Å². The molecule has 1 unspecified atom stereocenters. The second-order valence-electron chi connectivity index (χ2n) is 3.98. The molecule has 0 aromatic carbocycles. The van der Waals surface area contributed by atoms with Crippen LogP contribution in [0.25, 0.3) is 0 Å². The van der Waals surface area contributed by atoms with Gasteiger partial charge in [0.05, 0.1) is 6.26 Å². The predicted octanol–water partition coefficient (Wildman–Crippen LogP) is 2.24. The van der Waals surface area contributed by atoms with Crippen LogP contribution >= 0.6 is 0 Å². The van der Waals surface area contributed by atoms with Crippen molar-refractivity contribution in [2.45, 2.75) is 47.6 Å². The van der Waals surface area contributed by atoms with Gasteiger partial charge in [-0.2, -0.15) is 0 Å². The minimum Gasteiger partial charge on any atom is -0.213 e. The third-order valence-electron chi connectivity index (χ3n) is 1.69. The summed E-state index contributed by atoms with van der Waals surface area (Å²) in [5.74, 6) is 0. The second kappa shape index (κ2) is 5.60. The molecule has 13 heavy (non-hydrogen) atoms. The minimum atomic E-state index is -3.06. The molecule has 0 aliphatic carbocycles. The summed E-state index contributed by atoms with van der Waals surface area (Å²) in [6, 6.07) is -0.0301. The van der Waals surface area contributed by atoms with Gasteiger partial charge in [0, 0.05) is 7.47 Å². The Labute approximate surface area is 84.5 Å². The Balaban J connectivity index is -0.000000376. The SMILES string of the molecule is CC.CC(NS(C)(=O)=O)C(C)(C)C.[HH]. The summed E-state index contributed by atoms with van der Waals surface area (Å²) in [5, 5.41) is 0.